The van der Waals surface area contributed by atoms with Gasteiger partial charge in [0.2, 0.25) is 0 Å². The predicted molar refractivity (Wildman–Crippen MR) is 87.1 cm³/mol. The fourth-order valence-corrected chi connectivity index (χ4v) is 2.99. The smallest absolute Gasteiger partial charge is 0.130 e. The molecule has 21 heavy (non-hydrogen) atoms. The third kappa shape index (κ3) is 2.92. The summed E-state index contributed by atoms with van der Waals surface area (Å²) in [6, 6.07) is 9.38. The number of fused-ring (bicyclic) bond motifs is 1. The van der Waals surface area contributed by atoms with Crippen molar-refractivity contribution in [2.24, 2.45) is 5.41 Å². The number of hydrogen-bond donors (Lipinski definition) is 0. The Morgan fingerprint density at radius 3 is 2.71 bits per heavy atom. The number of rotatable bonds is 1. The van der Waals surface area contributed by atoms with Crippen LogP contribution in [0.2, 0.25) is 10.0 Å². The largest absolute Gasteiger partial charge is 0.492 e. The summed E-state index contributed by atoms with van der Waals surface area (Å²) in [7, 11) is 0. The highest BCUT2D eigenvalue weighted by Crippen LogP contribution is 2.42. The average Bonchev–Trinajstić information content (AvgIpc) is 2.57. The van der Waals surface area contributed by atoms with Gasteiger partial charge in [0.05, 0.1) is 17.3 Å². The summed E-state index contributed by atoms with van der Waals surface area (Å²) in [5.41, 5.74) is 2.59. The van der Waals surface area contributed by atoms with Crippen molar-refractivity contribution in [3.8, 4) is 5.75 Å². The van der Waals surface area contributed by atoms with Gasteiger partial charge >= 0.3 is 0 Å². The maximum absolute atomic E-state index is 6.42. The van der Waals surface area contributed by atoms with Crippen LogP contribution < -0.4 is 4.74 Å². The van der Waals surface area contributed by atoms with Crippen LogP contribution in [0, 0.1) is 5.41 Å². The van der Waals surface area contributed by atoms with Gasteiger partial charge in [0.25, 0.3) is 0 Å². The summed E-state index contributed by atoms with van der Waals surface area (Å²) in [5.74, 6) is 0.704. The van der Waals surface area contributed by atoms with Gasteiger partial charge in [-0.15, -0.1) is 0 Å². The van der Waals surface area contributed by atoms with E-state index in [0.29, 0.717) is 22.4 Å². The number of pyridine rings is 1. The number of benzene rings is 1. The zero-order valence-electron chi connectivity index (χ0n) is 11.9. The second kappa shape index (κ2) is 5.36. The minimum absolute atomic E-state index is 0.123. The molecule has 0 amide bonds. The lowest BCUT2D eigenvalue weighted by Gasteiger charge is -2.18. The van der Waals surface area contributed by atoms with Crippen LogP contribution in [-0.2, 0) is 0 Å². The highest BCUT2D eigenvalue weighted by molar-refractivity contribution is 6.36. The van der Waals surface area contributed by atoms with Gasteiger partial charge in [-0.2, -0.15) is 0 Å². The third-order valence-corrected chi connectivity index (χ3v) is 3.88. The van der Waals surface area contributed by atoms with E-state index in [1.54, 1.807) is 18.3 Å². The molecule has 1 aliphatic rings. The molecule has 2 nitrogen and oxygen atoms in total. The Bertz CT molecular complexity index is 708. The molecule has 1 aromatic carbocycles. The first-order valence-electron chi connectivity index (χ1n) is 6.73. The maximum atomic E-state index is 6.42. The summed E-state index contributed by atoms with van der Waals surface area (Å²) in [6.07, 6.45) is 3.94. The molecular weight excluding hydrogens is 305 g/mol. The summed E-state index contributed by atoms with van der Waals surface area (Å²) >= 11 is 12.5. The van der Waals surface area contributed by atoms with E-state index in [9.17, 15) is 0 Å². The SMILES string of the molecule is CC1(C)C=C(c2ccccn2)c2c(Cl)cc(Cl)cc2OC1. The number of aromatic nitrogens is 1. The highest BCUT2D eigenvalue weighted by Gasteiger charge is 2.27. The zero-order valence-corrected chi connectivity index (χ0v) is 13.4. The molecule has 0 radical (unpaired) electrons. The Balaban J connectivity index is 2.27. The normalized spacial score (nSPS) is 16.5. The molecule has 1 aliphatic heterocycles. The lowest BCUT2D eigenvalue weighted by molar-refractivity contribution is 0.225. The molecule has 0 saturated heterocycles. The first-order chi connectivity index (χ1) is 9.96. The van der Waals surface area contributed by atoms with Crippen LogP contribution in [0.5, 0.6) is 5.75 Å². The summed E-state index contributed by atoms with van der Waals surface area (Å²) in [4.78, 5) is 4.46. The molecule has 0 bridgehead atoms. The number of halogens is 2. The van der Waals surface area contributed by atoms with Crippen LogP contribution >= 0.6 is 23.2 Å². The van der Waals surface area contributed by atoms with E-state index in [1.165, 1.54) is 0 Å². The number of hydrogen-bond acceptors (Lipinski definition) is 2. The molecule has 4 heteroatoms. The number of nitrogens with zero attached hydrogens (tertiary/aromatic N) is 1. The molecule has 2 heterocycles. The Hall–Kier alpha value is -1.51. The van der Waals surface area contributed by atoms with Gasteiger partial charge in [0.15, 0.2) is 0 Å². The van der Waals surface area contributed by atoms with Crippen molar-refractivity contribution < 1.29 is 4.74 Å². The van der Waals surface area contributed by atoms with Crippen LogP contribution in [0.1, 0.15) is 25.1 Å². The average molecular weight is 320 g/mol. The van der Waals surface area contributed by atoms with E-state index < -0.39 is 0 Å². The third-order valence-electron chi connectivity index (χ3n) is 3.36. The van der Waals surface area contributed by atoms with Crippen molar-refractivity contribution >= 4 is 28.8 Å². The molecule has 0 unspecified atom stereocenters. The van der Waals surface area contributed by atoms with Crippen LogP contribution in [-0.4, -0.2) is 11.6 Å². The lowest BCUT2D eigenvalue weighted by Crippen LogP contribution is -2.17. The van der Waals surface area contributed by atoms with E-state index in [0.717, 1.165) is 16.8 Å². The fraction of sp³-hybridized carbons (Fsp3) is 0.235. The lowest BCUT2D eigenvalue weighted by atomic mass is 9.89. The van der Waals surface area contributed by atoms with E-state index in [-0.39, 0.29) is 5.41 Å². The van der Waals surface area contributed by atoms with Crippen molar-refractivity contribution in [3.05, 3.63) is 63.9 Å². The fourth-order valence-electron chi connectivity index (χ4n) is 2.42. The highest BCUT2D eigenvalue weighted by atomic mass is 35.5. The van der Waals surface area contributed by atoms with E-state index in [1.807, 2.05) is 18.2 Å². The van der Waals surface area contributed by atoms with Crippen LogP contribution in [0.25, 0.3) is 5.57 Å². The van der Waals surface area contributed by atoms with Crippen molar-refractivity contribution in [3.63, 3.8) is 0 Å². The molecule has 0 atom stereocenters. The molecule has 0 N–H and O–H groups in total. The Morgan fingerprint density at radius 2 is 2.00 bits per heavy atom. The van der Waals surface area contributed by atoms with Crippen LogP contribution in [0.15, 0.2) is 42.6 Å². The Morgan fingerprint density at radius 1 is 1.19 bits per heavy atom. The van der Waals surface area contributed by atoms with Crippen molar-refractivity contribution in [1.29, 1.82) is 0 Å². The molecule has 108 valence electrons. The first-order valence-corrected chi connectivity index (χ1v) is 7.48. The van der Waals surface area contributed by atoms with Crippen molar-refractivity contribution in [2.45, 2.75) is 13.8 Å². The summed E-state index contributed by atoms with van der Waals surface area (Å²) in [5, 5.41) is 1.14. The van der Waals surface area contributed by atoms with Gasteiger partial charge in [-0.25, -0.2) is 0 Å². The molecule has 0 fully saturated rings. The molecule has 1 aromatic heterocycles. The van der Waals surface area contributed by atoms with Gasteiger partial charge in [-0.05, 0) is 24.3 Å². The van der Waals surface area contributed by atoms with Gasteiger partial charge in [-0.1, -0.05) is 49.2 Å². The molecule has 0 spiro atoms. The molecular formula is C17H15Cl2NO. The molecule has 0 saturated carbocycles. The van der Waals surface area contributed by atoms with Crippen molar-refractivity contribution in [1.82, 2.24) is 4.98 Å². The van der Waals surface area contributed by atoms with Gasteiger partial charge in [-0.3, -0.25) is 4.98 Å². The van der Waals surface area contributed by atoms with Crippen molar-refractivity contribution in [2.75, 3.05) is 6.61 Å². The topological polar surface area (TPSA) is 22.1 Å². The monoisotopic (exact) mass is 319 g/mol. The maximum Gasteiger partial charge on any atom is 0.130 e. The quantitative estimate of drug-likeness (QED) is 0.717. The van der Waals surface area contributed by atoms with Crippen LogP contribution in [0.4, 0.5) is 0 Å². The van der Waals surface area contributed by atoms with Gasteiger partial charge in [0.1, 0.15) is 5.75 Å². The molecule has 2 aromatic rings. The predicted octanol–water partition coefficient (Wildman–Crippen LogP) is 5.24. The Labute approximate surface area is 134 Å². The van der Waals surface area contributed by atoms with Gasteiger partial charge in [0, 0.05) is 27.8 Å². The molecule has 0 aliphatic carbocycles. The minimum atomic E-state index is -0.123. The summed E-state index contributed by atoms with van der Waals surface area (Å²) in [6.45, 7) is 4.81. The summed E-state index contributed by atoms with van der Waals surface area (Å²) < 4.78 is 5.93. The minimum Gasteiger partial charge on any atom is -0.492 e. The first kappa shape index (κ1) is 14.4. The van der Waals surface area contributed by atoms with Gasteiger partial charge < -0.3 is 4.74 Å². The van der Waals surface area contributed by atoms with Crippen LogP contribution in [0.3, 0.4) is 0 Å². The van der Waals surface area contributed by atoms with E-state index in [4.69, 9.17) is 27.9 Å². The molecule has 3 rings (SSSR count). The second-order valence-electron chi connectivity index (χ2n) is 5.81. The zero-order chi connectivity index (χ0) is 15.0. The van der Waals surface area contributed by atoms with E-state index >= 15 is 0 Å². The van der Waals surface area contributed by atoms with E-state index in [2.05, 4.69) is 24.9 Å². The standard InChI is InChI=1S/C17H15Cl2NO/c1-17(2)9-12(14-5-3-4-6-20-14)16-13(19)7-11(18)8-15(16)21-10-17/h3-9H,10H2,1-2H3. The Kier molecular flexibility index (Phi) is 3.68. The number of ether oxygens (including phenoxy) is 1. The second-order valence-corrected chi connectivity index (χ2v) is 6.65.